The Morgan fingerprint density at radius 3 is 2.23 bits per heavy atom. The maximum Gasteiger partial charge on any atom is 0.257 e. The van der Waals surface area contributed by atoms with Crippen molar-refractivity contribution in [2.24, 2.45) is 0 Å². The molecular formula is C18H19N3O4S. The number of nitrogens with zero attached hydrogens (tertiary/aromatic N) is 2. The fraction of sp³-hybridized carbons (Fsp3) is 0.278. The van der Waals surface area contributed by atoms with Crippen molar-refractivity contribution in [2.75, 3.05) is 26.6 Å². The van der Waals surface area contributed by atoms with Crippen molar-refractivity contribution in [3.63, 3.8) is 0 Å². The molecule has 0 bridgehead atoms. The molecule has 1 amide bonds. The highest BCUT2D eigenvalue weighted by Gasteiger charge is 2.18. The van der Waals surface area contributed by atoms with Crippen LogP contribution in [0, 0.1) is 13.8 Å². The Balaban J connectivity index is 1.94. The Hall–Kier alpha value is -2.87. The number of pyridine rings is 1. The van der Waals surface area contributed by atoms with Gasteiger partial charge in [-0.25, -0.2) is 4.98 Å². The number of benzene rings is 1. The number of methoxy groups -OCH3 is 3. The van der Waals surface area contributed by atoms with E-state index in [4.69, 9.17) is 14.2 Å². The number of rotatable bonds is 5. The van der Waals surface area contributed by atoms with Gasteiger partial charge in [0.05, 0.1) is 26.0 Å². The molecule has 2 aromatic heterocycles. The average Bonchev–Trinajstić information content (AvgIpc) is 3.02. The van der Waals surface area contributed by atoms with E-state index < -0.39 is 0 Å². The molecule has 7 nitrogen and oxygen atoms in total. The van der Waals surface area contributed by atoms with Crippen LogP contribution in [0.15, 0.2) is 18.2 Å². The van der Waals surface area contributed by atoms with Crippen LogP contribution >= 0.6 is 11.3 Å². The Bertz CT molecular complexity index is 959. The molecule has 0 fully saturated rings. The van der Waals surface area contributed by atoms with Gasteiger partial charge in [-0.05, 0) is 37.6 Å². The molecule has 136 valence electrons. The van der Waals surface area contributed by atoms with Crippen LogP contribution in [0.25, 0.3) is 10.3 Å². The summed E-state index contributed by atoms with van der Waals surface area (Å²) in [5.74, 6) is 0.934. The Kier molecular flexibility index (Phi) is 4.94. The third kappa shape index (κ3) is 3.28. The van der Waals surface area contributed by atoms with Crippen LogP contribution in [0.1, 0.15) is 21.6 Å². The van der Waals surface area contributed by atoms with Crippen molar-refractivity contribution in [3.8, 4) is 17.2 Å². The van der Waals surface area contributed by atoms with E-state index in [1.165, 1.54) is 32.7 Å². The van der Waals surface area contributed by atoms with E-state index in [0.29, 0.717) is 33.6 Å². The summed E-state index contributed by atoms with van der Waals surface area (Å²) in [6.07, 6.45) is 0. The third-order valence-electron chi connectivity index (χ3n) is 3.82. The van der Waals surface area contributed by atoms with Crippen molar-refractivity contribution in [1.82, 2.24) is 9.97 Å². The molecule has 26 heavy (non-hydrogen) atoms. The fourth-order valence-corrected chi connectivity index (χ4v) is 3.53. The zero-order valence-corrected chi connectivity index (χ0v) is 16.0. The molecule has 2 heterocycles. The van der Waals surface area contributed by atoms with Crippen LogP contribution in [0.3, 0.4) is 0 Å². The molecule has 0 radical (unpaired) electrons. The van der Waals surface area contributed by atoms with Gasteiger partial charge in [0.2, 0.25) is 5.75 Å². The van der Waals surface area contributed by atoms with Gasteiger partial charge in [-0.2, -0.15) is 4.98 Å². The lowest BCUT2D eigenvalue weighted by molar-refractivity contribution is 0.102. The maximum absolute atomic E-state index is 12.7. The smallest absolute Gasteiger partial charge is 0.257 e. The van der Waals surface area contributed by atoms with Gasteiger partial charge in [-0.3, -0.25) is 10.1 Å². The van der Waals surface area contributed by atoms with Gasteiger partial charge in [-0.15, -0.1) is 0 Å². The van der Waals surface area contributed by atoms with Crippen molar-refractivity contribution in [2.45, 2.75) is 13.8 Å². The number of hydrogen-bond acceptors (Lipinski definition) is 7. The van der Waals surface area contributed by atoms with E-state index in [1.807, 2.05) is 19.9 Å². The van der Waals surface area contributed by atoms with E-state index in [1.54, 1.807) is 12.1 Å². The summed E-state index contributed by atoms with van der Waals surface area (Å²) >= 11 is 1.39. The lowest BCUT2D eigenvalue weighted by atomic mass is 10.1. The van der Waals surface area contributed by atoms with Gasteiger partial charge < -0.3 is 14.2 Å². The number of hydrogen-bond donors (Lipinski definition) is 1. The molecule has 0 aliphatic heterocycles. The number of fused-ring (bicyclic) bond motifs is 1. The second-order valence-corrected chi connectivity index (χ2v) is 6.62. The van der Waals surface area contributed by atoms with Crippen molar-refractivity contribution in [1.29, 1.82) is 0 Å². The molecule has 0 spiro atoms. The first-order chi connectivity index (χ1) is 12.5. The highest BCUT2D eigenvalue weighted by atomic mass is 32.1. The van der Waals surface area contributed by atoms with Gasteiger partial charge in [0, 0.05) is 11.3 Å². The summed E-state index contributed by atoms with van der Waals surface area (Å²) in [6.45, 7) is 3.92. The Labute approximate surface area is 154 Å². The molecule has 3 rings (SSSR count). The van der Waals surface area contributed by atoms with Gasteiger partial charge in [0.15, 0.2) is 22.3 Å². The lowest BCUT2D eigenvalue weighted by Crippen LogP contribution is -2.12. The number of carbonyl (C=O) groups is 1. The largest absolute Gasteiger partial charge is 0.493 e. The van der Waals surface area contributed by atoms with Gasteiger partial charge in [-0.1, -0.05) is 11.3 Å². The monoisotopic (exact) mass is 373 g/mol. The number of anilines is 1. The predicted molar refractivity (Wildman–Crippen MR) is 101 cm³/mol. The Morgan fingerprint density at radius 1 is 1.00 bits per heavy atom. The van der Waals surface area contributed by atoms with E-state index in [0.717, 1.165) is 16.0 Å². The second kappa shape index (κ2) is 7.17. The molecule has 8 heteroatoms. The molecule has 0 saturated carbocycles. The molecule has 0 unspecified atom stereocenters. The maximum atomic E-state index is 12.7. The summed E-state index contributed by atoms with van der Waals surface area (Å²) in [5.41, 5.74) is 2.98. The first-order valence-corrected chi connectivity index (χ1v) is 8.64. The minimum absolute atomic E-state index is 0.322. The van der Waals surface area contributed by atoms with Crippen molar-refractivity contribution < 1.29 is 19.0 Å². The van der Waals surface area contributed by atoms with E-state index >= 15 is 0 Å². The van der Waals surface area contributed by atoms with Crippen LogP contribution in [0.5, 0.6) is 17.2 Å². The molecule has 3 aromatic rings. The molecular weight excluding hydrogens is 354 g/mol. The number of aryl methyl sites for hydroxylation is 2. The molecule has 0 saturated heterocycles. The quantitative estimate of drug-likeness (QED) is 0.736. The van der Waals surface area contributed by atoms with Gasteiger partial charge in [0.25, 0.3) is 5.91 Å². The summed E-state index contributed by atoms with van der Waals surface area (Å²) in [7, 11) is 4.52. The minimum Gasteiger partial charge on any atom is -0.493 e. The van der Waals surface area contributed by atoms with E-state index in [2.05, 4.69) is 15.3 Å². The highest BCUT2D eigenvalue weighted by Crippen LogP contribution is 2.38. The topological polar surface area (TPSA) is 82.6 Å². The summed E-state index contributed by atoms with van der Waals surface area (Å²) < 4.78 is 16.8. The predicted octanol–water partition coefficient (Wildman–Crippen LogP) is 3.59. The van der Waals surface area contributed by atoms with Crippen LogP contribution in [0.2, 0.25) is 0 Å². The first kappa shape index (κ1) is 17.9. The first-order valence-electron chi connectivity index (χ1n) is 7.83. The molecule has 0 aliphatic carbocycles. The zero-order valence-electron chi connectivity index (χ0n) is 15.2. The van der Waals surface area contributed by atoms with Crippen LogP contribution < -0.4 is 19.5 Å². The standard InChI is InChI=1S/C18H19N3O4S/c1-9-6-10(2)19-16-15(9)26-18(20-16)21-17(22)11-7-12(23-3)14(25-5)13(8-11)24-4/h6-8H,1-5H3,(H,19,20,21,22). The lowest BCUT2D eigenvalue weighted by Gasteiger charge is -2.13. The molecule has 1 N–H and O–H groups in total. The number of amides is 1. The number of nitrogens with one attached hydrogen (secondary N) is 1. The van der Waals surface area contributed by atoms with Crippen LogP contribution in [-0.4, -0.2) is 37.2 Å². The van der Waals surface area contributed by atoms with E-state index in [9.17, 15) is 4.79 Å². The van der Waals surface area contributed by atoms with Crippen LogP contribution in [-0.2, 0) is 0 Å². The molecule has 0 aliphatic rings. The SMILES string of the molecule is COc1cc(C(=O)Nc2nc3nc(C)cc(C)c3s2)cc(OC)c1OC. The number of thiazole rings is 1. The Morgan fingerprint density at radius 2 is 1.65 bits per heavy atom. The normalized spacial score (nSPS) is 10.7. The van der Waals surface area contributed by atoms with Crippen molar-refractivity contribution >= 4 is 32.7 Å². The van der Waals surface area contributed by atoms with Gasteiger partial charge in [0.1, 0.15) is 0 Å². The van der Waals surface area contributed by atoms with Crippen LogP contribution in [0.4, 0.5) is 5.13 Å². The number of ether oxygens (including phenoxy) is 3. The van der Waals surface area contributed by atoms with Crippen molar-refractivity contribution in [3.05, 3.63) is 35.0 Å². The average molecular weight is 373 g/mol. The molecule has 0 atom stereocenters. The number of aromatic nitrogens is 2. The van der Waals surface area contributed by atoms with Gasteiger partial charge >= 0.3 is 0 Å². The summed E-state index contributed by atoms with van der Waals surface area (Å²) in [4.78, 5) is 21.5. The number of carbonyl (C=O) groups excluding carboxylic acids is 1. The second-order valence-electron chi connectivity index (χ2n) is 5.62. The zero-order chi connectivity index (χ0) is 18.8. The third-order valence-corrected chi connectivity index (χ3v) is 4.92. The fourth-order valence-electron chi connectivity index (χ4n) is 2.66. The van der Waals surface area contributed by atoms with E-state index in [-0.39, 0.29) is 5.91 Å². The minimum atomic E-state index is -0.322. The summed E-state index contributed by atoms with van der Waals surface area (Å²) in [6, 6.07) is 5.18. The summed E-state index contributed by atoms with van der Waals surface area (Å²) in [5, 5.41) is 3.30. The highest BCUT2D eigenvalue weighted by molar-refractivity contribution is 7.22. The molecule has 1 aromatic carbocycles.